The van der Waals surface area contributed by atoms with Gasteiger partial charge in [0.05, 0.1) is 5.56 Å². The van der Waals surface area contributed by atoms with Crippen molar-refractivity contribution in [1.29, 1.82) is 0 Å². The Kier molecular flexibility index (Phi) is 4.18. The topological polar surface area (TPSA) is 22.1 Å². The lowest BCUT2D eigenvalue weighted by Crippen LogP contribution is -2.06. The van der Waals surface area contributed by atoms with Crippen LogP contribution in [-0.4, -0.2) is 11.6 Å². The maximum atomic E-state index is 12.4. The molecule has 0 saturated carbocycles. The quantitative estimate of drug-likeness (QED) is 0.604. The van der Waals surface area contributed by atoms with Crippen molar-refractivity contribution in [1.82, 2.24) is 4.98 Å². The summed E-state index contributed by atoms with van der Waals surface area (Å²) in [5.41, 5.74) is -0.872. The van der Waals surface area contributed by atoms with Gasteiger partial charge in [-0.3, -0.25) is 0 Å². The molecule has 0 N–H and O–H groups in total. The maximum absolute atomic E-state index is 12.4. The summed E-state index contributed by atoms with van der Waals surface area (Å²) in [6, 6.07) is 1.57. The number of aromatic nitrogens is 1. The number of nitrogens with zero attached hydrogens (tertiary/aromatic N) is 1. The number of halogens is 4. The fourth-order valence-corrected chi connectivity index (χ4v) is 1.14. The van der Waals surface area contributed by atoms with Gasteiger partial charge in [0.25, 0.3) is 0 Å². The van der Waals surface area contributed by atoms with E-state index in [1.54, 1.807) is 19.1 Å². The zero-order valence-electron chi connectivity index (χ0n) is 8.38. The van der Waals surface area contributed by atoms with E-state index in [4.69, 9.17) is 16.3 Å². The van der Waals surface area contributed by atoms with Crippen molar-refractivity contribution >= 4 is 11.6 Å². The zero-order valence-corrected chi connectivity index (χ0v) is 9.14. The monoisotopic (exact) mass is 251 g/mol. The average molecular weight is 252 g/mol. The second-order valence-electron chi connectivity index (χ2n) is 2.89. The minimum Gasteiger partial charge on any atom is -0.473 e. The van der Waals surface area contributed by atoms with Gasteiger partial charge in [0, 0.05) is 6.07 Å². The van der Waals surface area contributed by atoms with Gasteiger partial charge < -0.3 is 4.74 Å². The third-order valence-corrected chi connectivity index (χ3v) is 1.85. The van der Waals surface area contributed by atoms with Crippen LogP contribution in [0.2, 0.25) is 5.15 Å². The van der Waals surface area contributed by atoms with Gasteiger partial charge in [-0.2, -0.15) is 13.2 Å². The van der Waals surface area contributed by atoms with Crippen LogP contribution in [0.3, 0.4) is 0 Å². The van der Waals surface area contributed by atoms with Crippen molar-refractivity contribution in [3.63, 3.8) is 0 Å². The number of alkyl halides is 3. The Morgan fingerprint density at radius 2 is 2.12 bits per heavy atom. The first kappa shape index (κ1) is 12.8. The summed E-state index contributed by atoms with van der Waals surface area (Å²) in [5.74, 6) is -0.141. The van der Waals surface area contributed by atoms with E-state index in [9.17, 15) is 13.2 Å². The summed E-state index contributed by atoms with van der Waals surface area (Å²) in [6.07, 6.45) is -1.09. The molecule has 0 unspecified atom stereocenters. The Labute approximate surface area is 95.7 Å². The second-order valence-corrected chi connectivity index (χ2v) is 3.28. The molecule has 0 radical (unpaired) electrons. The molecular weight excluding hydrogens is 243 g/mol. The second kappa shape index (κ2) is 5.21. The van der Waals surface area contributed by atoms with E-state index < -0.39 is 11.7 Å². The van der Waals surface area contributed by atoms with Crippen molar-refractivity contribution in [2.24, 2.45) is 0 Å². The average Bonchev–Trinajstić information content (AvgIpc) is 2.16. The van der Waals surface area contributed by atoms with E-state index in [2.05, 4.69) is 4.98 Å². The van der Waals surface area contributed by atoms with Crippen LogP contribution in [0, 0.1) is 0 Å². The number of hydrogen-bond acceptors (Lipinski definition) is 2. The number of pyridine rings is 1. The van der Waals surface area contributed by atoms with Gasteiger partial charge in [-0.1, -0.05) is 23.8 Å². The van der Waals surface area contributed by atoms with Gasteiger partial charge in [-0.15, -0.1) is 0 Å². The molecule has 0 aliphatic rings. The minimum absolute atomic E-state index is 0.141. The minimum atomic E-state index is -4.45. The predicted molar refractivity (Wildman–Crippen MR) is 54.6 cm³/mol. The molecule has 1 aromatic heterocycles. The highest BCUT2D eigenvalue weighted by molar-refractivity contribution is 6.29. The Balaban J connectivity index is 2.90. The summed E-state index contributed by atoms with van der Waals surface area (Å²) < 4.78 is 42.1. The van der Waals surface area contributed by atoms with Crippen molar-refractivity contribution < 1.29 is 17.9 Å². The highest BCUT2D eigenvalue weighted by Crippen LogP contribution is 2.32. The SMILES string of the molecule is C/C=C/COc1cc(C(F)(F)F)cc(Cl)n1. The summed E-state index contributed by atoms with van der Waals surface area (Å²) >= 11 is 5.46. The zero-order chi connectivity index (χ0) is 12.2. The van der Waals surface area contributed by atoms with Gasteiger partial charge in [0.2, 0.25) is 5.88 Å². The number of allylic oxidation sites excluding steroid dienone is 1. The number of ether oxygens (including phenoxy) is 1. The van der Waals surface area contributed by atoms with Crippen LogP contribution in [0.1, 0.15) is 12.5 Å². The molecule has 0 saturated heterocycles. The Morgan fingerprint density at radius 3 is 2.69 bits per heavy atom. The third kappa shape index (κ3) is 3.73. The molecule has 0 aliphatic heterocycles. The van der Waals surface area contributed by atoms with Crippen LogP contribution in [0.4, 0.5) is 13.2 Å². The summed E-state index contributed by atoms with van der Waals surface area (Å²) in [7, 11) is 0. The highest BCUT2D eigenvalue weighted by Gasteiger charge is 2.31. The van der Waals surface area contributed by atoms with Crippen LogP contribution in [-0.2, 0) is 6.18 Å². The number of rotatable bonds is 3. The Morgan fingerprint density at radius 1 is 1.44 bits per heavy atom. The molecule has 0 spiro atoms. The predicted octanol–water partition coefficient (Wildman–Crippen LogP) is 3.71. The molecular formula is C10H9ClF3NO. The summed E-state index contributed by atoms with van der Waals surface area (Å²) in [5, 5.41) is -0.245. The van der Waals surface area contributed by atoms with Crippen LogP contribution in [0.5, 0.6) is 5.88 Å². The van der Waals surface area contributed by atoms with Crippen molar-refractivity contribution in [2.45, 2.75) is 13.1 Å². The molecule has 1 aromatic rings. The molecule has 0 aromatic carbocycles. The van der Waals surface area contributed by atoms with E-state index >= 15 is 0 Å². The van der Waals surface area contributed by atoms with E-state index in [1.165, 1.54) is 0 Å². The normalized spacial score (nSPS) is 12.1. The fraction of sp³-hybridized carbons (Fsp3) is 0.300. The van der Waals surface area contributed by atoms with E-state index in [0.29, 0.717) is 0 Å². The first-order valence-electron chi connectivity index (χ1n) is 4.42. The lowest BCUT2D eigenvalue weighted by atomic mass is 10.2. The summed E-state index contributed by atoms with van der Waals surface area (Å²) in [6.45, 7) is 1.93. The lowest BCUT2D eigenvalue weighted by molar-refractivity contribution is -0.137. The molecule has 6 heteroatoms. The molecule has 0 aliphatic carbocycles. The first-order chi connectivity index (χ1) is 7.43. The highest BCUT2D eigenvalue weighted by atomic mass is 35.5. The molecule has 0 atom stereocenters. The molecule has 0 amide bonds. The molecule has 0 bridgehead atoms. The van der Waals surface area contributed by atoms with E-state index in [-0.39, 0.29) is 17.6 Å². The van der Waals surface area contributed by atoms with Crippen molar-refractivity contribution in [3.8, 4) is 5.88 Å². The Bertz CT molecular complexity index is 390. The largest absolute Gasteiger partial charge is 0.473 e. The molecule has 1 rings (SSSR count). The van der Waals surface area contributed by atoms with Crippen molar-refractivity contribution in [2.75, 3.05) is 6.61 Å². The van der Waals surface area contributed by atoms with Gasteiger partial charge >= 0.3 is 6.18 Å². The Hall–Kier alpha value is -1.23. The number of hydrogen-bond donors (Lipinski definition) is 0. The van der Waals surface area contributed by atoms with Gasteiger partial charge in [-0.05, 0) is 13.0 Å². The molecule has 2 nitrogen and oxygen atoms in total. The van der Waals surface area contributed by atoms with Crippen LogP contribution in [0.25, 0.3) is 0 Å². The van der Waals surface area contributed by atoms with E-state index in [0.717, 1.165) is 12.1 Å². The lowest BCUT2D eigenvalue weighted by Gasteiger charge is -2.09. The maximum Gasteiger partial charge on any atom is 0.416 e. The van der Waals surface area contributed by atoms with Crippen LogP contribution >= 0.6 is 11.6 Å². The van der Waals surface area contributed by atoms with Gasteiger partial charge in [0.15, 0.2) is 0 Å². The standard InChI is InChI=1S/C10H9ClF3NO/c1-2-3-4-16-9-6-7(10(12,13)14)5-8(11)15-9/h2-3,5-6H,4H2,1H3/b3-2+. The first-order valence-corrected chi connectivity index (χ1v) is 4.80. The molecule has 88 valence electrons. The van der Waals surface area contributed by atoms with Gasteiger partial charge in [-0.25, -0.2) is 4.98 Å². The fourth-order valence-electron chi connectivity index (χ4n) is 0.940. The molecule has 0 fully saturated rings. The molecule has 1 heterocycles. The van der Waals surface area contributed by atoms with Crippen molar-refractivity contribution in [3.05, 3.63) is 35.0 Å². The van der Waals surface area contributed by atoms with E-state index in [1.807, 2.05) is 0 Å². The van der Waals surface area contributed by atoms with Gasteiger partial charge in [0.1, 0.15) is 11.8 Å². The third-order valence-electron chi connectivity index (χ3n) is 1.66. The van der Waals surface area contributed by atoms with Crippen LogP contribution < -0.4 is 4.74 Å². The summed E-state index contributed by atoms with van der Waals surface area (Å²) in [4.78, 5) is 3.63. The van der Waals surface area contributed by atoms with Crippen LogP contribution in [0.15, 0.2) is 24.3 Å². The molecule has 16 heavy (non-hydrogen) atoms. The smallest absolute Gasteiger partial charge is 0.416 e.